The van der Waals surface area contributed by atoms with Crippen LogP contribution in [0.3, 0.4) is 0 Å². The first-order valence-electron chi connectivity index (χ1n) is 1.90. The molecule has 0 aliphatic heterocycles. The maximum absolute atomic E-state index is 4.90. The van der Waals surface area contributed by atoms with Gasteiger partial charge < -0.3 is 0 Å². The van der Waals surface area contributed by atoms with Gasteiger partial charge in [0.05, 0.1) is 0 Å². The molecule has 0 N–H and O–H groups in total. The van der Waals surface area contributed by atoms with Crippen LogP contribution in [0.15, 0.2) is 0 Å². The van der Waals surface area contributed by atoms with Crippen molar-refractivity contribution in [2.45, 2.75) is 13.8 Å². The summed E-state index contributed by atoms with van der Waals surface area (Å²) < 4.78 is 5.82. The number of hydrogen-bond donors (Lipinski definition) is 0. The maximum atomic E-state index is 4.90. The fourth-order valence-corrected chi connectivity index (χ4v) is 0.387. The van der Waals surface area contributed by atoms with Crippen LogP contribution in [0.2, 0.25) is 0 Å². The average molecular weight is 124 g/mol. The molecule has 0 aliphatic carbocycles. The van der Waals surface area contributed by atoms with E-state index in [9.17, 15) is 0 Å². The zero-order valence-corrected chi connectivity index (χ0v) is 5.30. The molecule has 2 heteroatoms. The molecular weight excluding hydrogens is 116 g/mol. The van der Waals surface area contributed by atoms with Gasteiger partial charge >= 0.3 is 45.6 Å². The van der Waals surface area contributed by atoms with Crippen molar-refractivity contribution in [1.29, 1.82) is 0 Å². The van der Waals surface area contributed by atoms with Crippen LogP contribution < -0.4 is 0 Å². The summed E-state index contributed by atoms with van der Waals surface area (Å²) in [5.74, 6) is 0. The van der Waals surface area contributed by atoms with E-state index in [0.717, 1.165) is 11.2 Å². The van der Waals surface area contributed by atoms with Crippen LogP contribution in [0.4, 0.5) is 0 Å². The molecule has 36 valence electrons. The van der Waals surface area contributed by atoms with Crippen molar-refractivity contribution in [3.05, 3.63) is 0 Å². The molecule has 0 spiro atoms. The van der Waals surface area contributed by atoms with Crippen molar-refractivity contribution in [3.8, 4) is 0 Å². The minimum atomic E-state index is 0.763. The molecule has 0 aromatic rings. The summed E-state index contributed by atoms with van der Waals surface area (Å²) in [6.07, 6.45) is 0. The van der Waals surface area contributed by atoms with Gasteiger partial charge in [0.15, 0.2) is 0 Å². The van der Waals surface area contributed by atoms with Gasteiger partial charge in [0.2, 0.25) is 0 Å². The van der Waals surface area contributed by atoms with Gasteiger partial charge in [0, 0.05) is 0 Å². The Morgan fingerprint density at radius 3 is 2.33 bits per heavy atom. The van der Waals surface area contributed by atoms with Crippen LogP contribution in [0, 0.1) is 0 Å². The third-order valence-corrected chi connectivity index (χ3v) is 0.532. The Bertz CT molecular complexity index is 51.5. The first kappa shape index (κ1) is 6.36. The third kappa shape index (κ3) is 4.36. The molecule has 0 unspecified atom stereocenters. The van der Waals surface area contributed by atoms with Crippen LogP contribution in [-0.2, 0) is 20.6 Å². The van der Waals surface area contributed by atoms with Crippen LogP contribution in [0.25, 0.3) is 0 Å². The van der Waals surface area contributed by atoms with Gasteiger partial charge in [-0.3, -0.25) is 0 Å². The van der Waals surface area contributed by atoms with Crippen molar-refractivity contribution in [3.63, 3.8) is 0 Å². The quantitative estimate of drug-likeness (QED) is 0.527. The molecular formula is C4H8CrO. The summed E-state index contributed by atoms with van der Waals surface area (Å²) in [6, 6.07) is 0. The molecule has 6 heavy (non-hydrogen) atoms. The normalized spacial score (nSPS) is 8.33. The molecule has 0 aromatic carbocycles. The topological polar surface area (TPSA) is 9.23 Å². The summed E-state index contributed by atoms with van der Waals surface area (Å²) in [4.78, 5) is 0. The first-order valence-corrected chi connectivity index (χ1v) is 2.54. The molecule has 0 aromatic heterocycles. The third-order valence-electron chi connectivity index (χ3n) is 0.348. The monoisotopic (exact) mass is 124 g/mol. The molecule has 0 heterocycles. The van der Waals surface area contributed by atoms with E-state index < -0.39 is 0 Å². The van der Waals surface area contributed by atoms with E-state index in [1.165, 1.54) is 0 Å². The summed E-state index contributed by atoms with van der Waals surface area (Å²) in [7, 11) is 0. The molecule has 0 aliphatic rings. The summed E-state index contributed by atoms with van der Waals surface area (Å²) in [5.41, 5.74) is 0. The van der Waals surface area contributed by atoms with E-state index in [1.807, 2.05) is 13.8 Å². The van der Waals surface area contributed by atoms with Gasteiger partial charge in [-0.2, -0.15) is 0 Å². The van der Waals surface area contributed by atoms with Crippen LogP contribution in [0.5, 0.6) is 0 Å². The number of rotatable bonds is 2. The Morgan fingerprint density at radius 2 is 2.33 bits per heavy atom. The van der Waals surface area contributed by atoms with Crippen molar-refractivity contribution < 1.29 is 20.6 Å². The van der Waals surface area contributed by atoms with Crippen molar-refractivity contribution in [2.24, 2.45) is 0 Å². The molecule has 0 fully saturated rings. The summed E-state index contributed by atoms with van der Waals surface area (Å²) >= 11 is 2.74. The fourth-order valence-electron chi connectivity index (χ4n) is 0.203. The molecule has 0 amide bonds. The standard InChI is InChI=1S/C4H8O.Cr/c1-3-5-4-2;/h3H2,1-2H3;. The Kier molecular flexibility index (Phi) is 3.76. The summed E-state index contributed by atoms with van der Waals surface area (Å²) in [5, 5.41) is 0. The molecule has 0 saturated heterocycles. The van der Waals surface area contributed by atoms with E-state index in [0.29, 0.717) is 0 Å². The molecule has 0 saturated carbocycles. The molecule has 0 atom stereocenters. The van der Waals surface area contributed by atoms with E-state index in [-0.39, 0.29) is 0 Å². The molecule has 0 bridgehead atoms. The zero-order chi connectivity index (χ0) is 4.99. The number of ether oxygens (including phenoxy) is 1. The van der Waals surface area contributed by atoms with Gasteiger partial charge in [0.25, 0.3) is 0 Å². The Balaban J connectivity index is 2.83. The SMILES string of the molecule is CCO[C](C)=[Cr]. The Labute approximate surface area is 46.3 Å². The van der Waals surface area contributed by atoms with Crippen molar-refractivity contribution in [1.82, 2.24) is 0 Å². The Morgan fingerprint density at radius 1 is 1.83 bits per heavy atom. The number of hydrogen-bond acceptors (Lipinski definition) is 1. The van der Waals surface area contributed by atoms with Gasteiger partial charge in [0.1, 0.15) is 0 Å². The second kappa shape index (κ2) is 3.55. The van der Waals surface area contributed by atoms with Crippen molar-refractivity contribution in [2.75, 3.05) is 6.61 Å². The van der Waals surface area contributed by atoms with Crippen LogP contribution in [-0.4, -0.2) is 11.2 Å². The van der Waals surface area contributed by atoms with E-state index >= 15 is 0 Å². The van der Waals surface area contributed by atoms with Crippen LogP contribution >= 0.6 is 0 Å². The predicted octanol–water partition coefficient (Wildman–Crippen LogP) is 0.720. The first-order chi connectivity index (χ1) is 2.77. The Hall–Kier alpha value is 0.362. The van der Waals surface area contributed by atoms with Gasteiger partial charge in [-0.25, -0.2) is 0 Å². The summed E-state index contributed by atoms with van der Waals surface area (Å²) in [6.45, 7) is 4.61. The molecule has 0 radical (unpaired) electrons. The van der Waals surface area contributed by atoms with Gasteiger partial charge in [-0.15, -0.1) is 0 Å². The van der Waals surface area contributed by atoms with Gasteiger partial charge in [-0.05, 0) is 0 Å². The second-order valence-corrected chi connectivity index (χ2v) is 1.82. The van der Waals surface area contributed by atoms with E-state index in [2.05, 4.69) is 15.9 Å². The predicted molar refractivity (Wildman–Crippen MR) is 22.3 cm³/mol. The minimum absolute atomic E-state index is 0.763. The second-order valence-electron chi connectivity index (χ2n) is 0.925. The van der Waals surface area contributed by atoms with Gasteiger partial charge in [-0.1, -0.05) is 0 Å². The molecule has 1 nitrogen and oxygen atoms in total. The van der Waals surface area contributed by atoms with E-state index in [1.54, 1.807) is 0 Å². The van der Waals surface area contributed by atoms with Crippen LogP contribution in [0.1, 0.15) is 13.8 Å². The fraction of sp³-hybridized carbons (Fsp3) is 0.750. The average Bonchev–Trinajstić information content (AvgIpc) is 1.35. The van der Waals surface area contributed by atoms with E-state index in [4.69, 9.17) is 4.74 Å². The molecule has 0 rings (SSSR count). The van der Waals surface area contributed by atoms with Crippen molar-refractivity contribution >= 4 is 4.57 Å². The zero-order valence-electron chi connectivity index (χ0n) is 4.02.